The molecular formula is C23H38N2. The molecule has 1 unspecified atom stereocenters. The lowest BCUT2D eigenvalue weighted by Crippen LogP contribution is -2.39. The van der Waals surface area contributed by atoms with Gasteiger partial charge >= 0.3 is 0 Å². The molecule has 2 heteroatoms. The summed E-state index contributed by atoms with van der Waals surface area (Å²) < 4.78 is 0. The highest BCUT2D eigenvalue weighted by atomic mass is 15.4. The van der Waals surface area contributed by atoms with E-state index in [4.69, 9.17) is 0 Å². The smallest absolute Gasteiger partial charge is 0.105 e. The summed E-state index contributed by atoms with van der Waals surface area (Å²) in [4.78, 5) is 5.06. The second kappa shape index (κ2) is 12.0. The van der Waals surface area contributed by atoms with E-state index in [0.29, 0.717) is 6.17 Å². The van der Waals surface area contributed by atoms with Crippen molar-refractivity contribution in [1.29, 1.82) is 0 Å². The van der Waals surface area contributed by atoms with Crippen molar-refractivity contribution in [2.24, 2.45) is 0 Å². The second-order valence-corrected chi connectivity index (χ2v) is 7.38. The number of para-hydroxylation sites is 1. The van der Waals surface area contributed by atoms with Gasteiger partial charge in [0.1, 0.15) is 6.17 Å². The molecule has 0 saturated carbocycles. The Morgan fingerprint density at radius 2 is 1.36 bits per heavy atom. The van der Waals surface area contributed by atoms with Gasteiger partial charge in [0.2, 0.25) is 0 Å². The number of rotatable bonds is 13. The highest BCUT2D eigenvalue weighted by Crippen LogP contribution is 2.28. The first-order chi connectivity index (χ1) is 12.4. The van der Waals surface area contributed by atoms with Crippen LogP contribution in [0.15, 0.2) is 42.7 Å². The van der Waals surface area contributed by atoms with E-state index in [1.165, 1.54) is 82.9 Å². The van der Waals surface area contributed by atoms with Crippen molar-refractivity contribution in [2.45, 2.75) is 90.6 Å². The van der Waals surface area contributed by atoms with Crippen LogP contribution in [-0.2, 0) is 0 Å². The van der Waals surface area contributed by atoms with Crippen LogP contribution in [0, 0.1) is 0 Å². The number of benzene rings is 1. The van der Waals surface area contributed by atoms with Crippen LogP contribution in [0.4, 0.5) is 5.69 Å². The van der Waals surface area contributed by atoms with E-state index < -0.39 is 0 Å². The van der Waals surface area contributed by atoms with Crippen molar-refractivity contribution in [3.8, 4) is 0 Å². The first-order valence-electron chi connectivity index (χ1n) is 10.6. The van der Waals surface area contributed by atoms with E-state index in [-0.39, 0.29) is 0 Å². The van der Waals surface area contributed by atoms with Crippen LogP contribution in [0.3, 0.4) is 0 Å². The second-order valence-electron chi connectivity index (χ2n) is 7.38. The minimum Gasteiger partial charge on any atom is -0.356 e. The minimum atomic E-state index is 0.509. The maximum absolute atomic E-state index is 2.58. The Kier molecular flexibility index (Phi) is 9.54. The molecule has 0 aliphatic carbocycles. The Morgan fingerprint density at radius 3 is 2.08 bits per heavy atom. The molecule has 1 aromatic rings. The molecule has 0 radical (unpaired) electrons. The molecule has 1 aromatic carbocycles. The van der Waals surface area contributed by atoms with Crippen molar-refractivity contribution in [1.82, 2.24) is 4.90 Å². The molecule has 0 aromatic heterocycles. The molecule has 0 spiro atoms. The van der Waals surface area contributed by atoms with Crippen LogP contribution in [0.25, 0.3) is 0 Å². The fraction of sp³-hybridized carbons (Fsp3) is 0.652. The monoisotopic (exact) mass is 342 g/mol. The predicted octanol–water partition coefficient (Wildman–Crippen LogP) is 6.94. The predicted molar refractivity (Wildman–Crippen MR) is 111 cm³/mol. The summed E-state index contributed by atoms with van der Waals surface area (Å²) >= 11 is 0. The lowest BCUT2D eigenvalue weighted by molar-refractivity contribution is 0.273. The first kappa shape index (κ1) is 19.9. The number of hydrogen-bond donors (Lipinski definition) is 0. The molecule has 140 valence electrons. The van der Waals surface area contributed by atoms with Crippen molar-refractivity contribution in [3.05, 3.63) is 42.7 Å². The maximum Gasteiger partial charge on any atom is 0.105 e. The third kappa shape index (κ3) is 6.76. The van der Waals surface area contributed by atoms with Crippen LogP contribution in [-0.4, -0.2) is 17.6 Å². The largest absolute Gasteiger partial charge is 0.356 e. The third-order valence-corrected chi connectivity index (χ3v) is 5.26. The number of anilines is 1. The molecule has 2 nitrogen and oxygen atoms in total. The summed E-state index contributed by atoms with van der Waals surface area (Å²) in [5.74, 6) is 0. The molecule has 1 aliphatic rings. The molecule has 0 fully saturated rings. The highest BCUT2D eigenvalue weighted by molar-refractivity contribution is 5.51. The van der Waals surface area contributed by atoms with Gasteiger partial charge in [0.15, 0.2) is 0 Å². The van der Waals surface area contributed by atoms with Crippen LogP contribution in [0.1, 0.15) is 84.5 Å². The van der Waals surface area contributed by atoms with E-state index in [1.54, 1.807) is 0 Å². The molecule has 0 N–H and O–H groups in total. The van der Waals surface area contributed by atoms with Gasteiger partial charge in [0.05, 0.1) is 0 Å². The number of unbranched alkanes of at least 4 members (excludes halogenated alkanes) is 8. The van der Waals surface area contributed by atoms with Gasteiger partial charge in [-0.05, 0) is 31.4 Å². The zero-order valence-electron chi connectivity index (χ0n) is 16.5. The average Bonchev–Trinajstić information content (AvgIpc) is 3.05. The summed E-state index contributed by atoms with van der Waals surface area (Å²) in [5, 5.41) is 0. The fourth-order valence-corrected chi connectivity index (χ4v) is 3.73. The van der Waals surface area contributed by atoms with E-state index >= 15 is 0 Å². The number of hydrogen-bond acceptors (Lipinski definition) is 2. The zero-order chi connectivity index (χ0) is 17.7. The molecule has 0 bridgehead atoms. The Balaban J connectivity index is 1.85. The van der Waals surface area contributed by atoms with Gasteiger partial charge in [-0.3, -0.25) is 0 Å². The molecule has 2 rings (SSSR count). The molecular weight excluding hydrogens is 304 g/mol. The van der Waals surface area contributed by atoms with Crippen molar-refractivity contribution < 1.29 is 0 Å². The van der Waals surface area contributed by atoms with Crippen LogP contribution < -0.4 is 4.90 Å². The van der Waals surface area contributed by atoms with Gasteiger partial charge in [0, 0.05) is 24.6 Å². The summed E-state index contributed by atoms with van der Waals surface area (Å²) in [6.45, 7) is 5.78. The molecule has 1 atom stereocenters. The van der Waals surface area contributed by atoms with Gasteiger partial charge in [-0.1, -0.05) is 83.4 Å². The summed E-state index contributed by atoms with van der Waals surface area (Å²) in [6.07, 6.45) is 20.0. The molecule has 0 saturated heterocycles. The first-order valence-corrected chi connectivity index (χ1v) is 10.6. The van der Waals surface area contributed by atoms with Crippen molar-refractivity contribution in [3.63, 3.8) is 0 Å². The van der Waals surface area contributed by atoms with E-state index in [0.717, 1.165) is 0 Å². The van der Waals surface area contributed by atoms with Crippen LogP contribution in [0.5, 0.6) is 0 Å². The lowest BCUT2D eigenvalue weighted by atomic mass is 10.1. The summed E-state index contributed by atoms with van der Waals surface area (Å²) in [6, 6.07) is 10.9. The third-order valence-electron chi connectivity index (χ3n) is 5.26. The Bertz CT molecular complexity index is 468. The quantitative estimate of drug-likeness (QED) is 0.358. The van der Waals surface area contributed by atoms with E-state index in [2.05, 4.69) is 66.4 Å². The molecule has 1 heterocycles. The van der Waals surface area contributed by atoms with Crippen LogP contribution in [0.2, 0.25) is 0 Å². The highest BCUT2D eigenvalue weighted by Gasteiger charge is 2.26. The Morgan fingerprint density at radius 1 is 0.720 bits per heavy atom. The summed E-state index contributed by atoms with van der Waals surface area (Å²) in [5.41, 5.74) is 1.32. The van der Waals surface area contributed by atoms with E-state index in [9.17, 15) is 0 Å². The number of nitrogens with zero attached hydrogens (tertiary/aromatic N) is 2. The maximum atomic E-state index is 2.58. The van der Waals surface area contributed by atoms with Gasteiger partial charge < -0.3 is 9.80 Å². The SMILES string of the molecule is CCCCCCCCN1C=CN(c2ccccc2)C1CCCCCC. The zero-order valence-corrected chi connectivity index (χ0v) is 16.5. The average molecular weight is 343 g/mol. The lowest BCUT2D eigenvalue weighted by Gasteiger charge is -2.33. The van der Waals surface area contributed by atoms with Gasteiger partial charge in [0.25, 0.3) is 0 Å². The normalized spacial score (nSPS) is 16.8. The van der Waals surface area contributed by atoms with E-state index in [1.807, 2.05) is 0 Å². The Hall–Kier alpha value is -1.44. The van der Waals surface area contributed by atoms with Gasteiger partial charge in [-0.25, -0.2) is 0 Å². The van der Waals surface area contributed by atoms with Crippen LogP contribution >= 0.6 is 0 Å². The standard InChI is InChI=1S/C23H38N2/c1-3-5-7-9-10-15-19-24-20-21-25(22-16-12-11-13-17-22)23(24)18-14-8-6-4-2/h11-13,16-17,20-21,23H,3-10,14-15,18-19H2,1-2H3. The molecule has 1 aliphatic heterocycles. The van der Waals surface area contributed by atoms with Gasteiger partial charge in [-0.2, -0.15) is 0 Å². The topological polar surface area (TPSA) is 6.48 Å². The van der Waals surface area contributed by atoms with Gasteiger partial charge in [-0.15, -0.1) is 0 Å². The Labute approximate surface area is 155 Å². The van der Waals surface area contributed by atoms with Crippen molar-refractivity contribution >= 4 is 5.69 Å². The fourth-order valence-electron chi connectivity index (χ4n) is 3.73. The molecule has 0 amide bonds. The van der Waals surface area contributed by atoms with Crippen molar-refractivity contribution in [2.75, 3.05) is 11.4 Å². The molecule has 25 heavy (non-hydrogen) atoms. The summed E-state index contributed by atoms with van der Waals surface area (Å²) in [7, 11) is 0. The minimum absolute atomic E-state index is 0.509.